The van der Waals surface area contributed by atoms with Crippen LogP contribution in [0.25, 0.3) is 0 Å². The maximum absolute atomic E-state index is 13.0. The van der Waals surface area contributed by atoms with Crippen LogP contribution in [0.2, 0.25) is 5.02 Å². The third kappa shape index (κ3) is 5.28. The first-order chi connectivity index (χ1) is 14.4. The van der Waals surface area contributed by atoms with E-state index in [-0.39, 0.29) is 17.0 Å². The first-order valence-corrected chi connectivity index (χ1v) is 10.9. The fourth-order valence-electron chi connectivity index (χ4n) is 2.90. The summed E-state index contributed by atoms with van der Waals surface area (Å²) in [4.78, 5) is 12.9. The standard InChI is InChI=1S/C23H19ClN2O3S/c1-2-15-25-30(28,29)21-10-6-9-19(16-21)23(27)26-22(17-7-4-3-5-8-17)18-11-13-20(24)14-12-18/h1,3-14,16,22,25H,15H2,(H,26,27). The highest BCUT2D eigenvalue weighted by atomic mass is 35.5. The molecule has 0 heterocycles. The molecule has 0 aliphatic heterocycles. The average molecular weight is 439 g/mol. The summed E-state index contributed by atoms with van der Waals surface area (Å²) in [6, 6.07) is 22.0. The lowest BCUT2D eigenvalue weighted by molar-refractivity contribution is 0.0942. The molecule has 0 saturated heterocycles. The topological polar surface area (TPSA) is 75.3 Å². The van der Waals surface area contributed by atoms with Gasteiger partial charge in [-0.25, -0.2) is 8.42 Å². The monoisotopic (exact) mass is 438 g/mol. The van der Waals surface area contributed by atoms with Crippen molar-refractivity contribution in [2.45, 2.75) is 10.9 Å². The van der Waals surface area contributed by atoms with Crippen LogP contribution in [-0.2, 0) is 10.0 Å². The number of carbonyl (C=O) groups is 1. The van der Waals surface area contributed by atoms with Crippen molar-refractivity contribution < 1.29 is 13.2 Å². The Kier molecular flexibility index (Phi) is 6.91. The van der Waals surface area contributed by atoms with Crippen molar-refractivity contribution >= 4 is 27.5 Å². The van der Waals surface area contributed by atoms with E-state index in [1.54, 1.807) is 18.2 Å². The summed E-state index contributed by atoms with van der Waals surface area (Å²) in [5.74, 6) is 1.81. The van der Waals surface area contributed by atoms with Gasteiger partial charge in [0, 0.05) is 10.6 Å². The van der Waals surface area contributed by atoms with Gasteiger partial charge in [0.1, 0.15) is 0 Å². The third-order valence-electron chi connectivity index (χ3n) is 4.38. The Morgan fingerprint density at radius 3 is 2.30 bits per heavy atom. The zero-order chi connectivity index (χ0) is 21.6. The van der Waals surface area contributed by atoms with Gasteiger partial charge in [-0.05, 0) is 41.5 Å². The number of amides is 1. The van der Waals surface area contributed by atoms with Crippen molar-refractivity contribution in [2.24, 2.45) is 0 Å². The van der Waals surface area contributed by atoms with Crippen LogP contribution in [0.15, 0.2) is 83.8 Å². The minimum absolute atomic E-state index is 0.0341. The molecule has 3 aromatic carbocycles. The zero-order valence-corrected chi connectivity index (χ0v) is 17.5. The van der Waals surface area contributed by atoms with Crippen molar-refractivity contribution in [3.8, 4) is 12.3 Å². The van der Waals surface area contributed by atoms with Gasteiger partial charge in [-0.1, -0.05) is 66.1 Å². The summed E-state index contributed by atoms with van der Waals surface area (Å²) in [6.07, 6.45) is 5.12. The average Bonchev–Trinajstić information content (AvgIpc) is 2.77. The first kappa shape index (κ1) is 21.6. The first-order valence-electron chi connectivity index (χ1n) is 9.05. The Morgan fingerprint density at radius 1 is 0.967 bits per heavy atom. The molecule has 0 fully saturated rings. The molecule has 0 bridgehead atoms. The molecule has 7 heteroatoms. The molecule has 0 radical (unpaired) electrons. The van der Waals surface area contributed by atoms with E-state index in [1.165, 1.54) is 18.2 Å². The molecule has 0 aromatic heterocycles. The molecule has 1 amide bonds. The van der Waals surface area contributed by atoms with Crippen LogP contribution in [0.3, 0.4) is 0 Å². The van der Waals surface area contributed by atoms with E-state index in [0.717, 1.165) is 11.1 Å². The van der Waals surface area contributed by atoms with Crippen LogP contribution in [-0.4, -0.2) is 20.9 Å². The summed E-state index contributed by atoms with van der Waals surface area (Å²) in [7, 11) is -3.80. The van der Waals surface area contributed by atoms with Crippen molar-refractivity contribution in [1.82, 2.24) is 10.0 Å². The van der Waals surface area contributed by atoms with E-state index in [9.17, 15) is 13.2 Å². The predicted molar refractivity (Wildman–Crippen MR) is 118 cm³/mol. The normalized spacial score (nSPS) is 12.0. The minimum Gasteiger partial charge on any atom is -0.341 e. The molecule has 1 unspecified atom stereocenters. The number of benzene rings is 3. The SMILES string of the molecule is C#CCNS(=O)(=O)c1cccc(C(=O)NC(c2ccccc2)c2ccc(Cl)cc2)c1. The number of sulfonamides is 1. The van der Waals surface area contributed by atoms with Crippen molar-refractivity contribution in [1.29, 1.82) is 0 Å². The highest BCUT2D eigenvalue weighted by molar-refractivity contribution is 7.89. The molecule has 2 N–H and O–H groups in total. The summed E-state index contributed by atoms with van der Waals surface area (Å²) in [5, 5.41) is 3.57. The molecular formula is C23H19ClN2O3S. The molecular weight excluding hydrogens is 420 g/mol. The van der Waals surface area contributed by atoms with Crippen LogP contribution in [0, 0.1) is 12.3 Å². The van der Waals surface area contributed by atoms with Gasteiger partial charge in [-0.3, -0.25) is 4.79 Å². The largest absolute Gasteiger partial charge is 0.341 e. The molecule has 30 heavy (non-hydrogen) atoms. The number of hydrogen-bond donors (Lipinski definition) is 2. The Hall–Kier alpha value is -3.11. The third-order valence-corrected chi connectivity index (χ3v) is 6.03. The van der Waals surface area contributed by atoms with Crippen LogP contribution in [0.1, 0.15) is 27.5 Å². The second-order valence-corrected chi connectivity index (χ2v) is 8.63. The summed E-state index contributed by atoms with van der Waals surface area (Å²) >= 11 is 6.00. The van der Waals surface area contributed by atoms with E-state index in [4.69, 9.17) is 18.0 Å². The molecule has 3 rings (SSSR count). The fourth-order valence-corrected chi connectivity index (χ4v) is 4.00. The Labute approximate surface area is 181 Å². The lowest BCUT2D eigenvalue weighted by Gasteiger charge is -2.20. The zero-order valence-electron chi connectivity index (χ0n) is 15.9. The maximum Gasteiger partial charge on any atom is 0.252 e. The lowest BCUT2D eigenvalue weighted by atomic mass is 9.98. The van der Waals surface area contributed by atoms with E-state index >= 15 is 0 Å². The lowest BCUT2D eigenvalue weighted by Crippen LogP contribution is -2.30. The maximum atomic E-state index is 13.0. The van der Waals surface area contributed by atoms with Crippen LogP contribution in [0.5, 0.6) is 0 Å². The van der Waals surface area contributed by atoms with Crippen LogP contribution >= 0.6 is 11.6 Å². The second-order valence-electron chi connectivity index (χ2n) is 6.43. The minimum atomic E-state index is -3.80. The van der Waals surface area contributed by atoms with E-state index in [2.05, 4.69) is 16.0 Å². The fraction of sp³-hybridized carbons (Fsp3) is 0.0870. The van der Waals surface area contributed by atoms with Gasteiger partial charge >= 0.3 is 0 Å². The van der Waals surface area contributed by atoms with E-state index in [1.807, 2.05) is 42.5 Å². The quantitative estimate of drug-likeness (QED) is 0.551. The second kappa shape index (κ2) is 9.59. The van der Waals surface area contributed by atoms with E-state index in [0.29, 0.717) is 5.02 Å². The number of terminal acetylenes is 1. The highest BCUT2D eigenvalue weighted by Gasteiger charge is 2.20. The van der Waals surface area contributed by atoms with Gasteiger partial charge < -0.3 is 5.32 Å². The van der Waals surface area contributed by atoms with Gasteiger partial charge in [0.15, 0.2) is 0 Å². The molecule has 5 nitrogen and oxygen atoms in total. The Bertz CT molecular complexity index is 1170. The van der Waals surface area contributed by atoms with Gasteiger partial charge in [-0.15, -0.1) is 6.42 Å². The van der Waals surface area contributed by atoms with E-state index < -0.39 is 22.0 Å². The van der Waals surface area contributed by atoms with Crippen molar-refractivity contribution in [3.63, 3.8) is 0 Å². The number of nitrogens with one attached hydrogen (secondary N) is 2. The molecule has 3 aromatic rings. The molecule has 152 valence electrons. The summed E-state index contributed by atoms with van der Waals surface area (Å²) in [5.41, 5.74) is 1.94. The molecule has 0 spiro atoms. The number of carbonyl (C=O) groups excluding carboxylic acids is 1. The van der Waals surface area contributed by atoms with Gasteiger partial charge in [0.05, 0.1) is 17.5 Å². The van der Waals surface area contributed by atoms with Crippen LogP contribution < -0.4 is 10.0 Å². The predicted octanol–water partition coefficient (Wildman–Crippen LogP) is 3.77. The summed E-state index contributed by atoms with van der Waals surface area (Å²) < 4.78 is 26.9. The van der Waals surface area contributed by atoms with Gasteiger partial charge in [-0.2, -0.15) is 4.72 Å². The Balaban J connectivity index is 1.91. The molecule has 1 atom stereocenters. The van der Waals surface area contributed by atoms with Gasteiger partial charge in [0.25, 0.3) is 5.91 Å². The number of rotatable bonds is 7. The van der Waals surface area contributed by atoms with Gasteiger partial charge in [0.2, 0.25) is 10.0 Å². The van der Waals surface area contributed by atoms with Crippen molar-refractivity contribution in [3.05, 3.63) is 101 Å². The number of hydrogen-bond acceptors (Lipinski definition) is 3. The Morgan fingerprint density at radius 2 is 1.63 bits per heavy atom. The molecule has 0 aliphatic carbocycles. The molecule has 0 aliphatic rings. The van der Waals surface area contributed by atoms with Crippen molar-refractivity contribution in [2.75, 3.05) is 6.54 Å². The summed E-state index contributed by atoms with van der Waals surface area (Å²) in [6.45, 7) is -0.134. The number of halogens is 1. The van der Waals surface area contributed by atoms with Crippen LogP contribution in [0.4, 0.5) is 0 Å². The highest BCUT2D eigenvalue weighted by Crippen LogP contribution is 2.24. The molecule has 0 saturated carbocycles. The smallest absolute Gasteiger partial charge is 0.252 e.